The third kappa shape index (κ3) is 7.75. The van der Waals surface area contributed by atoms with Gasteiger partial charge < -0.3 is 25.3 Å². The fraction of sp³-hybridized carbons (Fsp3) is 0.478. The van der Waals surface area contributed by atoms with Crippen molar-refractivity contribution in [3.8, 4) is 17.4 Å². The van der Waals surface area contributed by atoms with E-state index in [1.807, 2.05) is 30.3 Å². The molecule has 2 aromatic rings. The first-order valence-electron chi connectivity index (χ1n) is 10.4. The normalized spacial score (nSPS) is 18.6. The largest absolute Gasteiger partial charge is 0.493 e. The highest BCUT2D eigenvalue weighted by Crippen LogP contribution is 2.28. The third-order valence-corrected chi connectivity index (χ3v) is 5.40. The van der Waals surface area contributed by atoms with Crippen molar-refractivity contribution in [1.82, 2.24) is 10.3 Å². The number of halogens is 1. The zero-order chi connectivity index (χ0) is 21.3. The molecule has 1 aliphatic rings. The summed E-state index contributed by atoms with van der Waals surface area (Å²) in [6, 6.07) is 9.61. The zero-order valence-electron chi connectivity index (χ0n) is 18.5. The van der Waals surface area contributed by atoms with Gasteiger partial charge in [0.05, 0.1) is 20.8 Å². The van der Waals surface area contributed by atoms with Gasteiger partial charge in [-0.25, -0.2) is 9.98 Å². The number of nitrogens with two attached hydrogens (primary N) is 1. The number of aliphatic imine (C=N–C) groups is 1. The van der Waals surface area contributed by atoms with Gasteiger partial charge in [-0.1, -0.05) is 13.0 Å². The Hall–Kier alpha value is -2.23. The van der Waals surface area contributed by atoms with E-state index in [0.29, 0.717) is 36.4 Å². The van der Waals surface area contributed by atoms with Crippen molar-refractivity contribution in [2.45, 2.75) is 51.8 Å². The lowest BCUT2D eigenvalue weighted by molar-refractivity contribution is 0.130. The van der Waals surface area contributed by atoms with Gasteiger partial charge in [0, 0.05) is 18.8 Å². The van der Waals surface area contributed by atoms with Crippen LogP contribution < -0.4 is 25.3 Å². The minimum absolute atomic E-state index is 0. The first kappa shape index (κ1) is 25.0. The fourth-order valence-corrected chi connectivity index (χ4v) is 3.55. The van der Waals surface area contributed by atoms with Gasteiger partial charge in [0.15, 0.2) is 17.5 Å². The van der Waals surface area contributed by atoms with Crippen molar-refractivity contribution in [3.63, 3.8) is 0 Å². The number of aromatic nitrogens is 1. The Balaban J connectivity index is 0.00000341. The van der Waals surface area contributed by atoms with Crippen LogP contribution in [0.25, 0.3) is 0 Å². The Kier molecular flexibility index (Phi) is 10.2. The Morgan fingerprint density at radius 3 is 2.52 bits per heavy atom. The average Bonchev–Trinajstić information content (AvgIpc) is 2.78. The predicted octanol–water partition coefficient (Wildman–Crippen LogP) is 4.28. The van der Waals surface area contributed by atoms with E-state index in [0.717, 1.165) is 29.9 Å². The summed E-state index contributed by atoms with van der Waals surface area (Å²) >= 11 is 0. The molecular weight excluding hydrogens is 507 g/mol. The molecule has 0 aliphatic heterocycles. The average molecular weight is 540 g/mol. The number of nitrogens with zero attached hydrogens (tertiary/aromatic N) is 2. The topological polar surface area (TPSA) is 91.0 Å². The van der Waals surface area contributed by atoms with Gasteiger partial charge in [0.25, 0.3) is 0 Å². The van der Waals surface area contributed by atoms with Gasteiger partial charge in [0.2, 0.25) is 5.88 Å². The van der Waals surface area contributed by atoms with Crippen LogP contribution >= 0.6 is 24.0 Å². The van der Waals surface area contributed by atoms with Crippen molar-refractivity contribution in [2.75, 3.05) is 14.2 Å². The van der Waals surface area contributed by atoms with Crippen molar-refractivity contribution in [1.29, 1.82) is 0 Å². The molecule has 1 saturated carbocycles. The smallest absolute Gasteiger partial charge is 0.213 e. The number of benzene rings is 1. The molecule has 0 spiro atoms. The van der Waals surface area contributed by atoms with Gasteiger partial charge >= 0.3 is 0 Å². The molecule has 31 heavy (non-hydrogen) atoms. The second-order valence-corrected chi connectivity index (χ2v) is 7.75. The Labute approximate surface area is 201 Å². The van der Waals surface area contributed by atoms with Crippen LogP contribution in [0.15, 0.2) is 41.5 Å². The van der Waals surface area contributed by atoms with E-state index in [1.165, 1.54) is 12.8 Å². The summed E-state index contributed by atoms with van der Waals surface area (Å²) in [6.07, 6.45) is 6.68. The first-order chi connectivity index (χ1) is 14.6. The Morgan fingerprint density at radius 2 is 1.81 bits per heavy atom. The highest BCUT2D eigenvalue weighted by Gasteiger charge is 2.19. The molecule has 3 rings (SSSR count). The molecule has 3 N–H and O–H groups in total. The number of rotatable bonds is 8. The summed E-state index contributed by atoms with van der Waals surface area (Å²) in [6.45, 7) is 3.31. The van der Waals surface area contributed by atoms with Crippen LogP contribution in [0.2, 0.25) is 0 Å². The number of ether oxygens (including phenoxy) is 3. The molecule has 0 unspecified atom stereocenters. The fourth-order valence-electron chi connectivity index (χ4n) is 3.55. The molecule has 170 valence electrons. The third-order valence-electron chi connectivity index (χ3n) is 5.40. The number of hydrogen-bond acceptors (Lipinski definition) is 5. The van der Waals surface area contributed by atoms with Crippen LogP contribution in [-0.4, -0.2) is 31.3 Å². The molecule has 1 aromatic carbocycles. The second kappa shape index (κ2) is 12.6. The molecule has 0 atom stereocenters. The molecule has 1 aliphatic carbocycles. The van der Waals surface area contributed by atoms with Gasteiger partial charge in [-0.15, -0.1) is 24.0 Å². The zero-order valence-corrected chi connectivity index (χ0v) is 20.8. The number of hydrogen-bond donors (Lipinski definition) is 2. The Morgan fingerprint density at radius 1 is 1.06 bits per heavy atom. The monoisotopic (exact) mass is 540 g/mol. The maximum Gasteiger partial charge on any atom is 0.213 e. The molecule has 0 amide bonds. The SMILES string of the molecule is COc1ccc(CN=C(N)NCc2ccnc(OC3CCC(C)CC3)c2)cc1OC.I. The van der Waals surface area contributed by atoms with Crippen LogP contribution in [0.1, 0.15) is 43.7 Å². The number of methoxy groups -OCH3 is 2. The van der Waals surface area contributed by atoms with E-state index >= 15 is 0 Å². The minimum Gasteiger partial charge on any atom is -0.493 e. The van der Waals surface area contributed by atoms with E-state index in [9.17, 15) is 0 Å². The molecular formula is C23H33IN4O3. The van der Waals surface area contributed by atoms with Gasteiger partial charge in [-0.3, -0.25) is 0 Å². The summed E-state index contributed by atoms with van der Waals surface area (Å²) in [5.74, 6) is 3.22. The second-order valence-electron chi connectivity index (χ2n) is 7.75. The van der Waals surface area contributed by atoms with Crippen LogP contribution in [0.4, 0.5) is 0 Å². The summed E-state index contributed by atoms with van der Waals surface area (Å²) in [5.41, 5.74) is 8.07. The highest BCUT2D eigenvalue weighted by atomic mass is 127. The molecule has 1 fully saturated rings. The van der Waals surface area contributed by atoms with Gasteiger partial charge in [-0.05, 0) is 60.9 Å². The first-order valence-corrected chi connectivity index (χ1v) is 10.4. The number of guanidine groups is 1. The van der Waals surface area contributed by atoms with Gasteiger partial charge in [-0.2, -0.15) is 0 Å². The van der Waals surface area contributed by atoms with Crippen molar-refractivity contribution >= 4 is 29.9 Å². The molecule has 7 nitrogen and oxygen atoms in total. The van der Waals surface area contributed by atoms with E-state index in [-0.39, 0.29) is 30.1 Å². The van der Waals surface area contributed by atoms with E-state index < -0.39 is 0 Å². The number of nitrogens with one attached hydrogen (secondary N) is 1. The lowest BCUT2D eigenvalue weighted by Crippen LogP contribution is -2.31. The molecule has 0 saturated heterocycles. The van der Waals surface area contributed by atoms with Crippen LogP contribution in [0.3, 0.4) is 0 Å². The maximum absolute atomic E-state index is 6.07. The van der Waals surface area contributed by atoms with Crippen LogP contribution in [-0.2, 0) is 13.1 Å². The predicted molar refractivity (Wildman–Crippen MR) is 133 cm³/mol. The van der Waals surface area contributed by atoms with Crippen LogP contribution in [0, 0.1) is 5.92 Å². The minimum atomic E-state index is 0. The molecule has 0 bridgehead atoms. The van der Waals surface area contributed by atoms with Crippen LogP contribution in [0.5, 0.6) is 17.4 Å². The van der Waals surface area contributed by atoms with E-state index in [2.05, 4.69) is 22.2 Å². The summed E-state index contributed by atoms with van der Waals surface area (Å²) in [5, 5.41) is 3.15. The van der Waals surface area contributed by atoms with Crippen molar-refractivity contribution in [2.24, 2.45) is 16.6 Å². The maximum atomic E-state index is 6.07. The summed E-state index contributed by atoms with van der Waals surface area (Å²) in [4.78, 5) is 8.76. The molecule has 0 radical (unpaired) electrons. The standard InChI is InChI=1S/C23H32N4O3.HI/c1-16-4-7-19(8-5-16)30-22-13-18(10-11-25-22)15-27-23(24)26-14-17-6-9-20(28-2)21(12-17)29-3;/h6,9-13,16,19H,4-5,7-8,14-15H2,1-3H3,(H3,24,26,27);1H. The van der Waals surface area contributed by atoms with Crippen molar-refractivity contribution in [3.05, 3.63) is 47.7 Å². The highest BCUT2D eigenvalue weighted by molar-refractivity contribution is 14.0. The molecule has 1 heterocycles. The molecule has 1 aromatic heterocycles. The molecule has 8 heteroatoms. The van der Waals surface area contributed by atoms with Gasteiger partial charge in [0.1, 0.15) is 6.10 Å². The lowest BCUT2D eigenvalue weighted by Gasteiger charge is -2.26. The summed E-state index contributed by atoms with van der Waals surface area (Å²) < 4.78 is 16.6. The van der Waals surface area contributed by atoms with E-state index in [4.69, 9.17) is 19.9 Å². The van der Waals surface area contributed by atoms with E-state index in [1.54, 1.807) is 20.4 Å². The lowest BCUT2D eigenvalue weighted by atomic mass is 9.89. The summed E-state index contributed by atoms with van der Waals surface area (Å²) in [7, 11) is 3.23. The Bertz CT molecular complexity index is 854. The number of pyridine rings is 1. The van der Waals surface area contributed by atoms with Crippen molar-refractivity contribution < 1.29 is 14.2 Å². The quantitative estimate of drug-likeness (QED) is 0.295.